The molecule has 2 nitrogen and oxygen atoms in total. The third-order valence-corrected chi connectivity index (χ3v) is 3.97. The summed E-state index contributed by atoms with van der Waals surface area (Å²) in [6.45, 7) is 2.18. The van der Waals surface area contributed by atoms with Gasteiger partial charge in [-0.25, -0.2) is 0 Å². The lowest BCUT2D eigenvalue weighted by molar-refractivity contribution is 0.322. The summed E-state index contributed by atoms with van der Waals surface area (Å²) in [5.41, 5.74) is 7.10. The SMILES string of the molecule is C[C@H](NC1CCC(N)CC1)c1ccccc1Cl. The molecular weight excluding hydrogens is 232 g/mol. The number of benzene rings is 1. The van der Waals surface area contributed by atoms with Crippen molar-refractivity contribution in [3.63, 3.8) is 0 Å². The predicted octanol–water partition coefficient (Wildman–Crippen LogP) is 3.26. The molecule has 1 saturated carbocycles. The molecule has 0 amide bonds. The van der Waals surface area contributed by atoms with Crippen molar-refractivity contribution in [3.05, 3.63) is 34.9 Å². The van der Waals surface area contributed by atoms with Crippen LogP contribution in [0.2, 0.25) is 5.02 Å². The van der Waals surface area contributed by atoms with Crippen LogP contribution in [0, 0.1) is 0 Å². The summed E-state index contributed by atoms with van der Waals surface area (Å²) in [4.78, 5) is 0. The molecule has 94 valence electrons. The van der Waals surface area contributed by atoms with E-state index in [9.17, 15) is 0 Å². The van der Waals surface area contributed by atoms with E-state index < -0.39 is 0 Å². The van der Waals surface area contributed by atoms with Crippen molar-refractivity contribution in [2.24, 2.45) is 5.73 Å². The monoisotopic (exact) mass is 252 g/mol. The molecule has 3 heteroatoms. The summed E-state index contributed by atoms with van der Waals surface area (Å²) >= 11 is 6.20. The fraction of sp³-hybridized carbons (Fsp3) is 0.571. The molecule has 1 aromatic carbocycles. The van der Waals surface area contributed by atoms with Crippen molar-refractivity contribution in [2.75, 3.05) is 0 Å². The molecule has 1 aliphatic rings. The zero-order valence-electron chi connectivity index (χ0n) is 10.3. The molecule has 0 spiro atoms. The maximum Gasteiger partial charge on any atom is 0.0453 e. The number of hydrogen-bond acceptors (Lipinski definition) is 2. The normalized spacial score (nSPS) is 26.8. The van der Waals surface area contributed by atoms with E-state index in [1.54, 1.807) is 0 Å². The molecule has 0 saturated heterocycles. The van der Waals surface area contributed by atoms with E-state index in [0.29, 0.717) is 18.1 Å². The third-order valence-electron chi connectivity index (χ3n) is 3.63. The van der Waals surface area contributed by atoms with E-state index in [2.05, 4.69) is 18.3 Å². The second kappa shape index (κ2) is 5.85. The minimum Gasteiger partial charge on any atom is -0.328 e. The lowest BCUT2D eigenvalue weighted by atomic mass is 9.91. The van der Waals surface area contributed by atoms with Gasteiger partial charge in [-0.1, -0.05) is 29.8 Å². The summed E-state index contributed by atoms with van der Waals surface area (Å²) in [6, 6.07) is 9.35. The van der Waals surface area contributed by atoms with Crippen molar-refractivity contribution in [1.82, 2.24) is 5.32 Å². The Balaban J connectivity index is 1.93. The first kappa shape index (κ1) is 12.9. The highest BCUT2D eigenvalue weighted by Gasteiger charge is 2.20. The van der Waals surface area contributed by atoms with Crippen LogP contribution in [-0.2, 0) is 0 Å². The van der Waals surface area contributed by atoms with Gasteiger partial charge >= 0.3 is 0 Å². The lowest BCUT2D eigenvalue weighted by Gasteiger charge is -2.30. The van der Waals surface area contributed by atoms with Gasteiger partial charge in [-0.3, -0.25) is 0 Å². The second-order valence-electron chi connectivity index (χ2n) is 5.02. The van der Waals surface area contributed by atoms with E-state index >= 15 is 0 Å². The first-order chi connectivity index (χ1) is 8.16. The molecule has 1 fully saturated rings. The average molecular weight is 253 g/mol. The molecule has 0 aliphatic heterocycles. The van der Waals surface area contributed by atoms with Gasteiger partial charge in [-0.15, -0.1) is 0 Å². The van der Waals surface area contributed by atoms with Crippen LogP contribution in [0.4, 0.5) is 0 Å². The van der Waals surface area contributed by atoms with E-state index in [1.165, 1.54) is 18.4 Å². The van der Waals surface area contributed by atoms with Crippen LogP contribution in [0.1, 0.15) is 44.2 Å². The molecule has 0 radical (unpaired) electrons. The zero-order valence-corrected chi connectivity index (χ0v) is 11.1. The van der Waals surface area contributed by atoms with Crippen molar-refractivity contribution in [2.45, 2.75) is 50.7 Å². The number of rotatable bonds is 3. The van der Waals surface area contributed by atoms with Crippen LogP contribution < -0.4 is 11.1 Å². The number of nitrogens with one attached hydrogen (secondary N) is 1. The smallest absolute Gasteiger partial charge is 0.0453 e. The average Bonchev–Trinajstić information content (AvgIpc) is 2.32. The summed E-state index contributed by atoms with van der Waals surface area (Å²) < 4.78 is 0. The summed E-state index contributed by atoms with van der Waals surface area (Å²) in [6.07, 6.45) is 4.62. The quantitative estimate of drug-likeness (QED) is 0.867. The van der Waals surface area contributed by atoms with Gasteiger partial charge in [0.2, 0.25) is 0 Å². The fourth-order valence-electron chi connectivity index (χ4n) is 2.56. The maximum absolute atomic E-state index is 6.20. The fourth-order valence-corrected chi connectivity index (χ4v) is 2.85. The number of hydrogen-bond donors (Lipinski definition) is 2. The van der Waals surface area contributed by atoms with Crippen molar-refractivity contribution >= 4 is 11.6 Å². The molecule has 1 atom stereocenters. The van der Waals surface area contributed by atoms with Crippen LogP contribution >= 0.6 is 11.6 Å². The van der Waals surface area contributed by atoms with Gasteiger partial charge in [0.1, 0.15) is 0 Å². The lowest BCUT2D eigenvalue weighted by Crippen LogP contribution is -2.38. The Labute approximate surface area is 109 Å². The Hall–Kier alpha value is -0.570. The molecule has 3 N–H and O–H groups in total. The summed E-state index contributed by atoms with van der Waals surface area (Å²) in [7, 11) is 0. The second-order valence-corrected chi connectivity index (χ2v) is 5.43. The van der Waals surface area contributed by atoms with Crippen LogP contribution in [0.25, 0.3) is 0 Å². The van der Waals surface area contributed by atoms with E-state index in [0.717, 1.165) is 17.9 Å². The van der Waals surface area contributed by atoms with Gasteiger partial charge in [0, 0.05) is 23.1 Å². The summed E-state index contributed by atoms with van der Waals surface area (Å²) in [5.74, 6) is 0. The van der Waals surface area contributed by atoms with Crippen LogP contribution in [0.3, 0.4) is 0 Å². The molecule has 1 aromatic rings. The van der Waals surface area contributed by atoms with Gasteiger partial charge in [-0.2, -0.15) is 0 Å². The first-order valence-electron chi connectivity index (χ1n) is 6.43. The Morgan fingerprint density at radius 2 is 1.88 bits per heavy atom. The molecule has 0 aromatic heterocycles. The van der Waals surface area contributed by atoms with Gasteiger partial charge < -0.3 is 11.1 Å². The number of nitrogens with two attached hydrogens (primary N) is 1. The molecule has 0 unspecified atom stereocenters. The molecule has 17 heavy (non-hydrogen) atoms. The van der Waals surface area contributed by atoms with Crippen molar-refractivity contribution in [3.8, 4) is 0 Å². The topological polar surface area (TPSA) is 38.0 Å². The molecule has 0 heterocycles. The number of halogens is 1. The van der Waals surface area contributed by atoms with Crippen LogP contribution in [-0.4, -0.2) is 12.1 Å². The van der Waals surface area contributed by atoms with E-state index in [1.807, 2.05) is 18.2 Å². The predicted molar refractivity (Wildman–Crippen MR) is 73.2 cm³/mol. The van der Waals surface area contributed by atoms with Crippen molar-refractivity contribution < 1.29 is 0 Å². The van der Waals surface area contributed by atoms with Gasteiger partial charge in [0.25, 0.3) is 0 Å². The largest absolute Gasteiger partial charge is 0.328 e. The third kappa shape index (κ3) is 3.44. The Kier molecular flexibility index (Phi) is 4.43. The molecule has 1 aliphatic carbocycles. The minimum atomic E-state index is 0.308. The van der Waals surface area contributed by atoms with E-state index in [-0.39, 0.29) is 0 Å². The standard InChI is InChI=1S/C14H21ClN2/c1-10(13-4-2-3-5-14(13)15)17-12-8-6-11(16)7-9-12/h2-5,10-12,17H,6-9,16H2,1H3/t10-,11?,12?/m0/s1. The van der Waals surface area contributed by atoms with E-state index in [4.69, 9.17) is 17.3 Å². The van der Waals surface area contributed by atoms with Crippen LogP contribution in [0.15, 0.2) is 24.3 Å². The molecule has 2 rings (SSSR count). The van der Waals surface area contributed by atoms with Crippen molar-refractivity contribution in [1.29, 1.82) is 0 Å². The summed E-state index contributed by atoms with van der Waals surface area (Å²) in [5, 5.41) is 4.50. The van der Waals surface area contributed by atoms with Gasteiger partial charge in [-0.05, 0) is 44.2 Å². The highest BCUT2D eigenvalue weighted by Crippen LogP contribution is 2.25. The maximum atomic E-state index is 6.20. The molecule has 0 bridgehead atoms. The first-order valence-corrected chi connectivity index (χ1v) is 6.80. The highest BCUT2D eigenvalue weighted by atomic mass is 35.5. The van der Waals surface area contributed by atoms with Gasteiger partial charge in [0.05, 0.1) is 0 Å². The minimum absolute atomic E-state index is 0.308. The van der Waals surface area contributed by atoms with Gasteiger partial charge in [0.15, 0.2) is 0 Å². The Bertz CT molecular complexity index is 359. The Morgan fingerprint density at radius 3 is 2.53 bits per heavy atom. The zero-order chi connectivity index (χ0) is 12.3. The Morgan fingerprint density at radius 1 is 1.24 bits per heavy atom. The highest BCUT2D eigenvalue weighted by molar-refractivity contribution is 6.31. The molecular formula is C14H21ClN2. The van der Waals surface area contributed by atoms with Crippen LogP contribution in [0.5, 0.6) is 0 Å².